The fraction of sp³-hybridized carbons (Fsp3) is 0.407. The number of benzene rings is 1. The fourth-order valence-corrected chi connectivity index (χ4v) is 7.25. The predicted molar refractivity (Wildman–Crippen MR) is 143 cm³/mol. The van der Waals surface area contributed by atoms with E-state index in [4.69, 9.17) is 0 Å². The number of nitrogens with one attached hydrogen (secondary N) is 1. The number of fused-ring (bicyclic) bond motifs is 1. The Balaban J connectivity index is 1.32. The van der Waals surface area contributed by atoms with E-state index in [1.807, 2.05) is 37.3 Å². The SMILES string of the molecule is Cc1cccnc1NC(=O)[C@H]1CCCN(S(=O)(=O)c2c(C)nn(CC(=O)N3CCc4ccccc43)c2C)C1. The number of anilines is 2. The van der Waals surface area contributed by atoms with Gasteiger partial charge < -0.3 is 10.2 Å². The van der Waals surface area contributed by atoms with Gasteiger partial charge in [0.1, 0.15) is 17.3 Å². The van der Waals surface area contributed by atoms with Crippen LogP contribution in [0.1, 0.15) is 35.4 Å². The van der Waals surface area contributed by atoms with Crippen LogP contribution < -0.4 is 10.2 Å². The van der Waals surface area contributed by atoms with Crippen LogP contribution in [-0.4, -0.2) is 58.9 Å². The molecular weight excluding hydrogens is 504 g/mol. The first-order valence-electron chi connectivity index (χ1n) is 12.8. The van der Waals surface area contributed by atoms with Crippen LogP contribution in [0.25, 0.3) is 0 Å². The first-order valence-corrected chi connectivity index (χ1v) is 14.3. The fourth-order valence-electron chi connectivity index (χ4n) is 5.36. The van der Waals surface area contributed by atoms with Crippen LogP contribution >= 0.6 is 0 Å². The molecule has 2 amide bonds. The molecule has 1 aromatic carbocycles. The van der Waals surface area contributed by atoms with Crippen molar-refractivity contribution in [2.24, 2.45) is 5.92 Å². The highest BCUT2D eigenvalue weighted by atomic mass is 32.2. The van der Waals surface area contributed by atoms with Crippen LogP contribution in [0.4, 0.5) is 11.5 Å². The molecule has 0 saturated carbocycles. The van der Waals surface area contributed by atoms with Crippen LogP contribution in [0.3, 0.4) is 0 Å². The molecular formula is C27H32N6O4S. The Kier molecular flexibility index (Phi) is 7.06. The smallest absolute Gasteiger partial charge is 0.248 e. The molecule has 0 aliphatic carbocycles. The van der Waals surface area contributed by atoms with Gasteiger partial charge in [-0.2, -0.15) is 9.40 Å². The number of hydrogen-bond donors (Lipinski definition) is 1. The van der Waals surface area contributed by atoms with Crippen molar-refractivity contribution in [1.29, 1.82) is 0 Å². The number of amides is 2. The summed E-state index contributed by atoms with van der Waals surface area (Å²) < 4.78 is 30.4. The number of nitrogens with zero attached hydrogens (tertiary/aromatic N) is 5. The number of aromatic nitrogens is 3. The average Bonchev–Trinajstić information content (AvgIpc) is 3.46. The number of para-hydroxylation sites is 1. The van der Waals surface area contributed by atoms with Gasteiger partial charge in [0, 0.05) is 31.5 Å². The van der Waals surface area contributed by atoms with E-state index in [2.05, 4.69) is 15.4 Å². The van der Waals surface area contributed by atoms with Crippen LogP contribution in [0.2, 0.25) is 0 Å². The van der Waals surface area contributed by atoms with Crippen molar-refractivity contribution in [2.75, 3.05) is 29.9 Å². The first kappa shape index (κ1) is 26.1. The Hall–Kier alpha value is -3.57. The van der Waals surface area contributed by atoms with E-state index in [0.29, 0.717) is 43.1 Å². The minimum Gasteiger partial charge on any atom is -0.310 e. The third-order valence-corrected chi connectivity index (χ3v) is 9.51. The lowest BCUT2D eigenvalue weighted by molar-refractivity contribution is -0.121. The van der Waals surface area contributed by atoms with Gasteiger partial charge in [0.25, 0.3) is 0 Å². The summed E-state index contributed by atoms with van der Waals surface area (Å²) in [5.74, 6) is -0.389. The van der Waals surface area contributed by atoms with Gasteiger partial charge in [-0.25, -0.2) is 13.4 Å². The van der Waals surface area contributed by atoms with Crippen molar-refractivity contribution in [1.82, 2.24) is 19.1 Å². The third-order valence-electron chi connectivity index (χ3n) is 7.39. The summed E-state index contributed by atoms with van der Waals surface area (Å²) in [4.78, 5) is 32.2. The number of carbonyl (C=O) groups excluding carboxylic acids is 2. The molecule has 10 nitrogen and oxygen atoms in total. The number of aryl methyl sites for hydroxylation is 2. The zero-order chi connectivity index (χ0) is 27.0. The Morgan fingerprint density at radius 2 is 1.87 bits per heavy atom. The van der Waals surface area contributed by atoms with Crippen molar-refractivity contribution < 1.29 is 18.0 Å². The number of sulfonamides is 1. The Bertz CT molecular complexity index is 1500. The van der Waals surface area contributed by atoms with Gasteiger partial charge in [-0.1, -0.05) is 24.3 Å². The molecule has 2 aliphatic heterocycles. The normalized spacial score (nSPS) is 17.9. The van der Waals surface area contributed by atoms with E-state index < -0.39 is 15.9 Å². The van der Waals surface area contributed by atoms with Crippen molar-refractivity contribution in [3.63, 3.8) is 0 Å². The standard InChI is InChI=1S/C27H32N6O4S/c1-18-8-6-13-28-26(18)29-27(35)22-10-7-14-31(16-22)38(36,37)25-19(2)30-33(20(25)3)17-24(34)32-15-12-21-9-4-5-11-23(21)32/h4-6,8-9,11,13,22H,7,10,12,14-17H2,1-3H3,(H,28,29,35)/t22-/m0/s1. The highest BCUT2D eigenvalue weighted by Gasteiger charge is 2.37. The average molecular weight is 537 g/mol. The first-order chi connectivity index (χ1) is 18.2. The molecule has 2 aliphatic rings. The number of piperidine rings is 1. The molecule has 1 saturated heterocycles. The summed E-state index contributed by atoms with van der Waals surface area (Å²) in [7, 11) is -3.92. The number of hydrogen-bond acceptors (Lipinski definition) is 6. The van der Waals surface area contributed by atoms with Gasteiger partial charge in [-0.15, -0.1) is 0 Å². The van der Waals surface area contributed by atoms with Crippen molar-refractivity contribution in [2.45, 2.75) is 51.5 Å². The molecule has 1 atom stereocenters. The molecule has 0 radical (unpaired) electrons. The van der Waals surface area contributed by atoms with Crippen LogP contribution in [0.5, 0.6) is 0 Å². The van der Waals surface area contributed by atoms with E-state index in [9.17, 15) is 18.0 Å². The summed E-state index contributed by atoms with van der Waals surface area (Å²) in [5.41, 5.74) is 3.61. The van der Waals surface area contributed by atoms with Gasteiger partial charge in [0.2, 0.25) is 21.8 Å². The quantitative estimate of drug-likeness (QED) is 0.518. The largest absolute Gasteiger partial charge is 0.310 e. The Morgan fingerprint density at radius 3 is 2.66 bits per heavy atom. The van der Waals surface area contributed by atoms with Gasteiger partial charge >= 0.3 is 0 Å². The molecule has 4 heterocycles. The highest BCUT2D eigenvalue weighted by Crippen LogP contribution is 2.30. The number of pyridine rings is 1. The maximum absolute atomic E-state index is 13.8. The topological polar surface area (TPSA) is 117 Å². The van der Waals surface area contributed by atoms with E-state index in [0.717, 1.165) is 23.2 Å². The molecule has 11 heteroatoms. The summed E-state index contributed by atoms with van der Waals surface area (Å²) in [6.45, 7) is 6.12. The van der Waals surface area contributed by atoms with E-state index in [1.165, 1.54) is 8.99 Å². The molecule has 0 bridgehead atoms. The second-order valence-electron chi connectivity index (χ2n) is 9.94. The molecule has 5 rings (SSSR count). The lowest BCUT2D eigenvalue weighted by atomic mass is 9.99. The molecule has 1 fully saturated rings. The lowest BCUT2D eigenvalue weighted by Crippen LogP contribution is -2.44. The number of carbonyl (C=O) groups is 2. The summed E-state index contributed by atoms with van der Waals surface area (Å²) in [5, 5.41) is 7.28. The van der Waals surface area contributed by atoms with E-state index >= 15 is 0 Å². The van der Waals surface area contributed by atoms with Crippen LogP contribution in [0, 0.1) is 26.7 Å². The second-order valence-corrected chi connectivity index (χ2v) is 11.8. The zero-order valence-electron chi connectivity index (χ0n) is 21.8. The molecule has 0 spiro atoms. The van der Waals surface area contributed by atoms with Gasteiger partial charge in [0.15, 0.2) is 0 Å². The molecule has 0 unspecified atom stereocenters. The minimum atomic E-state index is -3.92. The third kappa shape index (κ3) is 4.83. The zero-order valence-corrected chi connectivity index (χ0v) is 22.7. The lowest BCUT2D eigenvalue weighted by Gasteiger charge is -2.31. The molecule has 2 aromatic heterocycles. The maximum Gasteiger partial charge on any atom is 0.248 e. The summed E-state index contributed by atoms with van der Waals surface area (Å²) in [6, 6.07) is 11.5. The summed E-state index contributed by atoms with van der Waals surface area (Å²) >= 11 is 0. The molecule has 38 heavy (non-hydrogen) atoms. The van der Waals surface area contributed by atoms with Crippen LogP contribution in [0.15, 0.2) is 47.5 Å². The van der Waals surface area contributed by atoms with E-state index in [1.54, 1.807) is 31.0 Å². The van der Waals surface area contributed by atoms with E-state index in [-0.39, 0.29) is 29.8 Å². The van der Waals surface area contributed by atoms with Gasteiger partial charge in [-0.3, -0.25) is 14.3 Å². The maximum atomic E-state index is 13.8. The monoisotopic (exact) mass is 536 g/mol. The Labute approximate surface area is 222 Å². The van der Waals surface area contributed by atoms with Gasteiger partial charge in [0.05, 0.1) is 17.3 Å². The predicted octanol–water partition coefficient (Wildman–Crippen LogP) is 2.83. The van der Waals surface area contributed by atoms with Crippen molar-refractivity contribution in [3.05, 3.63) is 65.1 Å². The van der Waals surface area contributed by atoms with Gasteiger partial charge in [-0.05, 0) is 63.3 Å². The number of rotatable bonds is 6. The van der Waals surface area contributed by atoms with Crippen molar-refractivity contribution >= 4 is 33.3 Å². The minimum absolute atomic E-state index is 0.0506. The molecule has 1 N–H and O–H groups in total. The van der Waals surface area contributed by atoms with Crippen molar-refractivity contribution in [3.8, 4) is 0 Å². The Morgan fingerprint density at radius 1 is 1.08 bits per heavy atom. The second kappa shape index (κ2) is 10.3. The van der Waals surface area contributed by atoms with Crippen LogP contribution in [-0.2, 0) is 32.6 Å². The molecule has 200 valence electrons. The molecule has 3 aromatic rings. The summed E-state index contributed by atoms with van der Waals surface area (Å²) in [6.07, 6.45) is 3.56. The highest BCUT2D eigenvalue weighted by molar-refractivity contribution is 7.89.